The van der Waals surface area contributed by atoms with Crippen LogP contribution in [0.5, 0.6) is 5.75 Å². The Kier molecular flexibility index (Phi) is 6.25. The molecule has 0 radical (unpaired) electrons. The molecule has 1 aromatic rings. The van der Waals surface area contributed by atoms with Gasteiger partial charge in [-0.3, -0.25) is 9.69 Å². The molecule has 0 bridgehead atoms. The van der Waals surface area contributed by atoms with Gasteiger partial charge in [0.05, 0.1) is 37.4 Å². The molecule has 0 saturated carbocycles. The summed E-state index contributed by atoms with van der Waals surface area (Å²) in [6.07, 6.45) is 3.39. The molecule has 0 aromatic heterocycles. The molecular formula is C16H24N4O3. The normalized spacial score (nSPS) is 15.6. The predicted octanol–water partition coefficient (Wildman–Crippen LogP) is 1.15. The van der Waals surface area contributed by atoms with E-state index >= 15 is 0 Å². The second-order valence-corrected chi connectivity index (χ2v) is 5.19. The number of benzene rings is 1. The van der Waals surface area contributed by atoms with E-state index in [2.05, 4.69) is 15.5 Å². The standard InChI is InChI=1S/C16H24N4O3/c1-18-13-11-15(22-2)12(17)10-14(13)19-16(21)4-3-5-20-6-8-23-9-7-20/h3-4,10-11,18H,5-9,17H2,1-2H3,(H,19,21)/b4-3+. The van der Waals surface area contributed by atoms with Crippen LogP contribution in [0.1, 0.15) is 0 Å². The number of hydrogen-bond acceptors (Lipinski definition) is 6. The highest BCUT2D eigenvalue weighted by Crippen LogP contribution is 2.32. The third kappa shape index (κ3) is 4.87. The van der Waals surface area contributed by atoms with Crippen molar-refractivity contribution in [3.63, 3.8) is 0 Å². The van der Waals surface area contributed by atoms with Crippen molar-refractivity contribution in [2.45, 2.75) is 0 Å². The van der Waals surface area contributed by atoms with Crippen molar-refractivity contribution in [3.05, 3.63) is 24.3 Å². The number of amides is 1. The third-order valence-corrected chi connectivity index (χ3v) is 3.63. The fourth-order valence-corrected chi connectivity index (χ4v) is 2.35. The number of rotatable bonds is 6. The van der Waals surface area contributed by atoms with Crippen molar-refractivity contribution in [1.29, 1.82) is 0 Å². The number of anilines is 3. The lowest BCUT2D eigenvalue weighted by Gasteiger charge is -2.25. The van der Waals surface area contributed by atoms with Crippen LogP contribution in [0.4, 0.5) is 17.1 Å². The van der Waals surface area contributed by atoms with E-state index in [1.165, 1.54) is 6.08 Å². The molecule has 2 rings (SSSR count). The van der Waals surface area contributed by atoms with Gasteiger partial charge in [-0.2, -0.15) is 0 Å². The van der Waals surface area contributed by atoms with E-state index in [0.717, 1.165) is 38.5 Å². The van der Waals surface area contributed by atoms with E-state index < -0.39 is 0 Å². The number of hydrogen-bond donors (Lipinski definition) is 3. The summed E-state index contributed by atoms with van der Waals surface area (Å²) in [5, 5.41) is 5.84. The molecule has 0 atom stereocenters. The van der Waals surface area contributed by atoms with Crippen LogP contribution in [0.25, 0.3) is 0 Å². The molecule has 0 spiro atoms. The zero-order valence-electron chi connectivity index (χ0n) is 13.6. The molecule has 7 nitrogen and oxygen atoms in total. The van der Waals surface area contributed by atoms with E-state index in [9.17, 15) is 4.79 Å². The van der Waals surface area contributed by atoms with Gasteiger partial charge in [-0.05, 0) is 6.07 Å². The van der Waals surface area contributed by atoms with E-state index in [1.807, 2.05) is 6.08 Å². The van der Waals surface area contributed by atoms with Gasteiger partial charge >= 0.3 is 0 Å². The topological polar surface area (TPSA) is 88.8 Å². The highest BCUT2D eigenvalue weighted by molar-refractivity contribution is 6.02. The molecule has 4 N–H and O–H groups in total. The molecule has 1 amide bonds. The number of carbonyl (C=O) groups is 1. The van der Waals surface area contributed by atoms with Crippen molar-refractivity contribution < 1.29 is 14.3 Å². The highest BCUT2D eigenvalue weighted by Gasteiger charge is 2.10. The Labute approximate surface area is 136 Å². The number of methoxy groups -OCH3 is 1. The van der Waals surface area contributed by atoms with Crippen LogP contribution in [-0.4, -0.2) is 57.8 Å². The summed E-state index contributed by atoms with van der Waals surface area (Å²) < 4.78 is 10.5. The second kappa shape index (κ2) is 8.40. The molecule has 1 saturated heterocycles. The van der Waals surface area contributed by atoms with E-state index in [1.54, 1.807) is 26.3 Å². The van der Waals surface area contributed by atoms with Gasteiger partial charge in [0.25, 0.3) is 0 Å². The summed E-state index contributed by atoms with van der Waals surface area (Å²) in [7, 11) is 3.33. The maximum absolute atomic E-state index is 12.0. The number of morpholine rings is 1. The fraction of sp³-hybridized carbons (Fsp3) is 0.438. The Hall–Kier alpha value is -2.25. The molecule has 0 aliphatic carbocycles. The van der Waals surface area contributed by atoms with Gasteiger partial charge in [0, 0.05) is 38.8 Å². The molecule has 23 heavy (non-hydrogen) atoms. The molecule has 1 aromatic carbocycles. The molecule has 1 aliphatic heterocycles. The van der Waals surface area contributed by atoms with Crippen molar-refractivity contribution in [2.24, 2.45) is 0 Å². The maximum Gasteiger partial charge on any atom is 0.248 e. The van der Waals surface area contributed by atoms with E-state index in [4.69, 9.17) is 15.2 Å². The van der Waals surface area contributed by atoms with Crippen molar-refractivity contribution in [1.82, 2.24) is 4.90 Å². The zero-order valence-corrected chi connectivity index (χ0v) is 13.6. The number of nitrogens with two attached hydrogens (primary N) is 1. The first kappa shape index (κ1) is 17.1. The lowest BCUT2D eigenvalue weighted by atomic mass is 10.2. The minimum Gasteiger partial charge on any atom is -0.495 e. The number of carbonyl (C=O) groups excluding carboxylic acids is 1. The molecular weight excluding hydrogens is 296 g/mol. The molecule has 1 fully saturated rings. The van der Waals surface area contributed by atoms with Crippen LogP contribution < -0.4 is 21.1 Å². The molecule has 1 heterocycles. The van der Waals surface area contributed by atoms with Crippen molar-refractivity contribution in [2.75, 3.05) is 63.4 Å². The van der Waals surface area contributed by atoms with Crippen LogP contribution in [0.3, 0.4) is 0 Å². The second-order valence-electron chi connectivity index (χ2n) is 5.19. The van der Waals surface area contributed by atoms with Gasteiger partial charge in [-0.15, -0.1) is 0 Å². The Balaban J connectivity index is 1.95. The van der Waals surface area contributed by atoms with Crippen LogP contribution >= 0.6 is 0 Å². The maximum atomic E-state index is 12.0. The first-order valence-corrected chi connectivity index (χ1v) is 7.57. The van der Waals surface area contributed by atoms with E-state index in [0.29, 0.717) is 17.1 Å². The van der Waals surface area contributed by atoms with Crippen molar-refractivity contribution >= 4 is 23.0 Å². The summed E-state index contributed by atoms with van der Waals surface area (Å²) >= 11 is 0. The average Bonchev–Trinajstić information content (AvgIpc) is 2.56. The first-order valence-electron chi connectivity index (χ1n) is 7.57. The quantitative estimate of drug-likeness (QED) is 0.538. The Bertz CT molecular complexity index is 569. The minimum absolute atomic E-state index is 0.195. The van der Waals surface area contributed by atoms with Gasteiger partial charge in [-0.25, -0.2) is 0 Å². The van der Waals surface area contributed by atoms with Crippen LogP contribution in [-0.2, 0) is 9.53 Å². The number of nitrogen functional groups attached to an aromatic ring is 1. The minimum atomic E-state index is -0.195. The summed E-state index contributed by atoms with van der Waals surface area (Å²) in [6, 6.07) is 3.43. The summed E-state index contributed by atoms with van der Waals surface area (Å²) in [4.78, 5) is 14.3. The monoisotopic (exact) mass is 320 g/mol. The largest absolute Gasteiger partial charge is 0.495 e. The third-order valence-electron chi connectivity index (χ3n) is 3.63. The lowest BCUT2D eigenvalue weighted by Crippen LogP contribution is -2.36. The Morgan fingerprint density at radius 3 is 2.78 bits per heavy atom. The molecule has 1 aliphatic rings. The lowest BCUT2D eigenvalue weighted by molar-refractivity contribution is -0.111. The summed E-state index contributed by atoms with van der Waals surface area (Å²) in [6.45, 7) is 4.02. The van der Waals surface area contributed by atoms with Gasteiger partial charge in [0.2, 0.25) is 5.91 Å². The molecule has 0 unspecified atom stereocenters. The Morgan fingerprint density at radius 2 is 2.13 bits per heavy atom. The number of nitrogens with one attached hydrogen (secondary N) is 2. The fourth-order valence-electron chi connectivity index (χ4n) is 2.35. The average molecular weight is 320 g/mol. The SMILES string of the molecule is CNc1cc(OC)c(N)cc1NC(=O)/C=C/CN1CCOCC1. The first-order chi connectivity index (χ1) is 11.1. The smallest absolute Gasteiger partial charge is 0.248 e. The molecule has 7 heteroatoms. The summed E-state index contributed by atoms with van der Waals surface area (Å²) in [5.74, 6) is 0.370. The van der Waals surface area contributed by atoms with Gasteiger partial charge < -0.3 is 25.8 Å². The number of nitrogens with zero attached hydrogens (tertiary/aromatic N) is 1. The highest BCUT2D eigenvalue weighted by atomic mass is 16.5. The van der Waals surface area contributed by atoms with E-state index in [-0.39, 0.29) is 5.91 Å². The zero-order chi connectivity index (χ0) is 16.7. The van der Waals surface area contributed by atoms with Crippen LogP contribution in [0.2, 0.25) is 0 Å². The van der Waals surface area contributed by atoms with Gasteiger partial charge in [0.1, 0.15) is 5.75 Å². The van der Waals surface area contributed by atoms with Gasteiger partial charge in [-0.1, -0.05) is 6.08 Å². The van der Waals surface area contributed by atoms with Crippen LogP contribution in [0.15, 0.2) is 24.3 Å². The molecule has 126 valence electrons. The van der Waals surface area contributed by atoms with Crippen molar-refractivity contribution in [3.8, 4) is 5.75 Å². The predicted molar refractivity (Wildman–Crippen MR) is 92.0 cm³/mol. The van der Waals surface area contributed by atoms with Crippen LogP contribution in [0, 0.1) is 0 Å². The number of ether oxygens (including phenoxy) is 2. The Morgan fingerprint density at radius 1 is 1.39 bits per heavy atom. The summed E-state index contributed by atoms with van der Waals surface area (Å²) in [5.41, 5.74) is 7.72. The van der Waals surface area contributed by atoms with Gasteiger partial charge in [0.15, 0.2) is 0 Å².